The maximum absolute atomic E-state index is 8.85. The van der Waals surface area contributed by atoms with Gasteiger partial charge in [-0.15, -0.1) is 0 Å². The first-order valence-electron chi connectivity index (χ1n) is 6.68. The zero-order valence-electron chi connectivity index (χ0n) is 12.6. The Kier molecular flexibility index (Phi) is 10.1. The standard InChI is InChI=1S/C14H26N4O/c1-17(2)11-7-13(5-9-15)19-14(6-10-16)8-12-18(3)4/h13-14H,5-8,11-12H2,1-4H3. The molecule has 0 aliphatic carbocycles. The summed E-state index contributed by atoms with van der Waals surface area (Å²) < 4.78 is 5.93. The summed E-state index contributed by atoms with van der Waals surface area (Å²) in [5, 5.41) is 17.7. The highest BCUT2D eigenvalue weighted by atomic mass is 16.5. The van der Waals surface area contributed by atoms with E-state index in [0.29, 0.717) is 12.8 Å². The third kappa shape index (κ3) is 10.5. The van der Waals surface area contributed by atoms with Gasteiger partial charge < -0.3 is 14.5 Å². The Labute approximate surface area is 117 Å². The molecule has 0 aromatic rings. The summed E-state index contributed by atoms with van der Waals surface area (Å²) in [4.78, 5) is 4.15. The summed E-state index contributed by atoms with van der Waals surface area (Å²) in [6.07, 6.45) is 2.27. The van der Waals surface area contributed by atoms with Crippen LogP contribution in [-0.4, -0.2) is 63.3 Å². The fourth-order valence-corrected chi connectivity index (χ4v) is 1.72. The number of ether oxygens (including phenoxy) is 1. The summed E-state index contributed by atoms with van der Waals surface area (Å²) in [6.45, 7) is 1.78. The summed E-state index contributed by atoms with van der Waals surface area (Å²) in [5.41, 5.74) is 0. The second kappa shape index (κ2) is 10.8. The average molecular weight is 266 g/mol. The Morgan fingerprint density at radius 2 is 1.21 bits per heavy atom. The summed E-state index contributed by atoms with van der Waals surface area (Å²) in [6, 6.07) is 4.33. The van der Waals surface area contributed by atoms with Gasteiger partial charge in [0.15, 0.2) is 0 Å². The zero-order valence-corrected chi connectivity index (χ0v) is 12.6. The van der Waals surface area contributed by atoms with Crippen molar-refractivity contribution in [2.24, 2.45) is 0 Å². The molecule has 0 aliphatic heterocycles. The van der Waals surface area contributed by atoms with Crippen molar-refractivity contribution < 1.29 is 4.74 Å². The van der Waals surface area contributed by atoms with Crippen LogP contribution in [0.1, 0.15) is 25.7 Å². The number of hydrogen-bond donors (Lipinski definition) is 0. The lowest BCUT2D eigenvalue weighted by molar-refractivity contribution is -0.0201. The lowest BCUT2D eigenvalue weighted by Crippen LogP contribution is -2.28. The molecule has 19 heavy (non-hydrogen) atoms. The highest BCUT2D eigenvalue weighted by molar-refractivity contribution is 4.82. The second-order valence-corrected chi connectivity index (χ2v) is 5.29. The Morgan fingerprint density at radius 3 is 1.47 bits per heavy atom. The molecule has 2 unspecified atom stereocenters. The molecule has 0 bridgehead atoms. The largest absolute Gasteiger partial charge is 0.373 e. The Hall–Kier alpha value is -1.14. The van der Waals surface area contributed by atoms with Gasteiger partial charge in [-0.05, 0) is 41.0 Å². The molecular weight excluding hydrogens is 240 g/mol. The molecule has 0 aromatic carbocycles. The van der Waals surface area contributed by atoms with Crippen molar-refractivity contribution >= 4 is 0 Å². The van der Waals surface area contributed by atoms with Gasteiger partial charge in [-0.1, -0.05) is 0 Å². The van der Waals surface area contributed by atoms with Crippen LogP contribution in [0.4, 0.5) is 0 Å². The van der Waals surface area contributed by atoms with Crippen LogP contribution in [0.25, 0.3) is 0 Å². The van der Waals surface area contributed by atoms with Crippen LogP contribution in [0.5, 0.6) is 0 Å². The molecule has 0 N–H and O–H groups in total. The van der Waals surface area contributed by atoms with E-state index in [0.717, 1.165) is 25.9 Å². The molecule has 0 radical (unpaired) electrons. The van der Waals surface area contributed by atoms with Gasteiger partial charge in [0.05, 0.1) is 37.2 Å². The van der Waals surface area contributed by atoms with Crippen LogP contribution in [-0.2, 0) is 4.74 Å². The molecular formula is C14H26N4O. The van der Waals surface area contributed by atoms with E-state index >= 15 is 0 Å². The van der Waals surface area contributed by atoms with Crippen molar-refractivity contribution in [2.45, 2.75) is 37.9 Å². The number of hydrogen-bond acceptors (Lipinski definition) is 5. The van der Waals surface area contributed by atoms with Crippen molar-refractivity contribution in [3.63, 3.8) is 0 Å². The van der Waals surface area contributed by atoms with Crippen molar-refractivity contribution in [2.75, 3.05) is 41.3 Å². The lowest BCUT2D eigenvalue weighted by Gasteiger charge is -2.24. The smallest absolute Gasteiger partial charge is 0.0721 e. The first-order valence-corrected chi connectivity index (χ1v) is 6.68. The zero-order chi connectivity index (χ0) is 14.7. The normalized spacial score (nSPS) is 14.1. The molecule has 108 valence electrons. The topological polar surface area (TPSA) is 63.3 Å². The number of rotatable bonds is 10. The summed E-state index contributed by atoms with van der Waals surface area (Å²) in [7, 11) is 8.01. The minimum atomic E-state index is -0.0760. The molecule has 5 heteroatoms. The van der Waals surface area contributed by atoms with E-state index in [1.807, 2.05) is 28.2 Å². The Balaban J connectivity index is 4.30. The maximum Gasteiger partial charge on any atom is 0.0721 e. The van der Waals surface area contributed by atoms with E-state index in [4.69, 9.17) is 15.3 Å². The lowest BCUT2D eigenvalue weighted by atomic mass is 10.1. The van der Waals surface area contributed by atoms with Crippen LogP contribution in [0.15, 0.2) is 0 Å². The van der Waals surface area contributed by atoms with Gasteiger partial charge in [0.1, 0.15) is 0 Å². The van der Waals surface area contributed by atoms with Gasteiger partial charge in [-0.3, -0.25) is 0 Å². The second-order valence-electron chi connectivity index (χ2n) is 5.29. The van der Waals surface area contributed by atoms with Gasteiger partial charge in [0.25, 0.3) is 0 Å². The first-order chi connectivity index (χ1) is 8.99. The Morgan fingerprint density at radius 1 is 0.842 bits per heavy atom. The van der Waals surface area contributed by atoms with Crippen molar-refractivity contribution in [3.8, 4) is 12.1 Å². The molecule has 0 aromatic heterocycles. The van der Waals surface area contributed by atoms with E-state index in [2.05, 4.69) is 21.9 Å². The van der Waals surface area contributed by atoms with Crippen LogP contribution in [0.2, 0.25) is 0 Å². The van der Waals surface area contributed by atoms with Gasteiger partial charge in [0, 0.05) is 13.1 Å². The molecule has 0 fully saturated rings. The maximum atomic E-state index is 8.85. The highest BCUT2D eigenvalue weighted by Crippen LogP contribution is 2.13. The van der Waals surface area contributed by atoms with Crippen molar-refractivity contribution in [1.82, 2.24) is 9.80 Å². The fourth-order valence-electron chi connectivity index (χ4n) is 1.72. The molecule has 0 aliphatic rings. The molecule has 0 saturated carbocycles. The third-order valence-electron chi connectivity index (χ3n) is 2.82. The Bertz CT molecular complexity index is 274. The molecule has 2 atom stereocenters. The van der Waals surface area contributed by atoms with E-state index in [1.165, 1.54) is 0 Å². The molecule has 0 amide bonds. The molecule has 0 heterocycles. The number of nitriles is 2. The van der Waals surface area contributed by atoms with Gasteiger partial charge in [-0.25, -0.2) is 0 Å². The minimum Gasteiger partial charge on any atom is -0.373 e. The molecule has 0 saturated heterocycles. The quantitative estimate of drug-likeness (QED) is 0.599. The van der Waals surface area contributed by atoms with Gasteiger partial charge in [-0.2, -0.15) is 10.5 Å². The fraction of sp³-hybridized carbons (Fsp3) is 0.857. The van der Waals surface area contributed by atoms with Crippen molar-refractivity contribution in [1.29, 1.82) is 10.5 Å². The van der Waals surface area contributed by atoms with Gasteiger partial charge in [0.2, 0.25) is 0 Å². The minimum absolute atomic E-state index is 0.0760. The van der Waals surface area contributed by atoms with Crippen LogP contribution < -0.4 is 0 Å². The summed E-state index contributed by atoms with van der Waals surface area (Å²) >= 11 is 0. The van der Waals surface area contributed by atoms with Crippen LogP contribution in [0.3, 0.4) is 0 Å². The monoisotopic (exact) mass is 266 g/mol. The van der Waals surface area contributed by atoms with E-state index in [-0.39, 0.29) is 12.2 Å². The van der Waals surface area contributed by atoms with Crippen molar-refractivity contribution in [3.05, 3.63) is 0 Å². The van der Waals surface area contributed by atoms with Crippen LogP contribution in [0, 0.1) is 22.7 Å². The van der Waals surface area contributed by atoms with E-state index in [9.17, 15) is 0 Å². The molecule has 0 rings (SSSR count). The van der Waals surface area contributed by atoms with Gasteiger partial charge >= 0.3 is 0 Å². The number of nitrogens with zero attached hydrogens (tertiary/aromatic N) is 4. The predicted octanol–water partition coefficient (Wildman–Crippen LogP) is 1.47. The summed E-state index contributed by atoms with van der Waals surface area (Å²) in [5.74, 6) is 0. The third-order valence-corrected chi connectivity index (χ3v) is 2.82. The van der Waals surface area contributed by atoms with E-state index < -0.39 is 0 Å². The first kappa shape index (κ1) is 17.9. The predicted molar refractivity (Wildman–Crippen MR) is 75.5 cm³/mol. The SMILES string of the molecule is CN(C)CCC(CC#N)OC(CC#N)CCN(C)C. The highest BCUT2D eigenvalue weighted by Gasteiger charge is 2.17. The average Bonchev–Trinajstić information content (AvgIpc) is 2.33. The molecule has 0 spiro atoms. The van der Waals surface area contributed by atoms with E-state index in [1.54, 1.807) is 0 Å². The molecule has 5 nitrogen and oxygen atoms in total. The van der Waals surface area contributed by atoms with Crippen LogP contribution >= 0.6 is 0 Å².